The Morgan fingerprint density at radius 2 is 1.67 bits per heavy atom. The molecule has 0 unspecified atom stereocenters. The van der Waals surface area contributed by atoms with E-state index < -0.39 is 17.6 Å². The molecule has 4 nitrogen and oxygen atoms in total. The van der Waals surface area contributed by atoms with Crippen LogP contribution in [0.2, 0.25) is 0 Å². The molecule has 2 aromatic carbocycles. The van der Waals surface area contributed by atoms with Crippen LogP contribution in [0.25, 0.3) is 22.4 Å². The number of nitriles is 1. The van der Waals surface area contributed by atoms with Gasteiger partial charge in [-0.15, -0.1) is 5.10 Å². The number of hydrogen-bond acceptors (Lipinski definition) is 3. The number of halogens is 4. The highest BCUT2D eigenvalue weighted by Gasteiger charge is 2.34. The Morgan fingerprint density at radius 3 is 2.38 bits per heavy atom. The molecule has 0 aliphatic heterocycles. The van der Waals surface area contributed by atoms with Crippen LogP contribution in [0.4, 0.5) is 17.6 Å². The third-order valence-corrected chi connectivity index (χ3v) is 3.39. The fraction of sp³-hybridized carbons (Fsp3) is 0.0625. The van der Waals surface area contributed by atoms with Gasteiger partial charge in [0.25, 0.3) is 0 Å². The molecule has 0 saturated carbocycles. The summed E-state index contributed by atoms with van der Waals surface area (Å²) < 4.78 is 51.9. The molecule has 24 heavy (non-hydrogen) atoms. The Morgan fingerprint density at radius 1 is 0.958 bits per heavy atom. The van der Waals surface area contributed by atoms with Gasteiger partial charge in [0.15, 0.2) is 5.69 Å². The van der Waals surface area contributed by atoms with E-state index in [0.717, 1.165) is 12.1 Å². The van der Waals surface area contributed by atoms with Gasteiger partial charge in [-0.2, -0.15) is 28.7 Å². The minimum atomic E-state index is -4.78. The zero-order valence-corrected chi connectivity index (χ0v) is 11.9. The second-order valence-corrected chi connectivity index (χ2v) is 4.91. The topological polar surface area (TPSA) is 65.4 Å². The normalized spacial score (nSPS) is 11.3. The molecule has 0 aliphatic rings. The molecule has 0 spiro atoms. The minimum absolute atomic E-state index is 0.0715. The number of nitrogens with zero attached hydrogens (tertiary/aromatic N) is 3. The average Bonchev–Trinajstić information content (AvgIpc) is 3.03. The van der Waals surface area contributed by atoms with Gasteiger partial charge in [0.2, 0.25) is 0 Å². The van der Waals surface area contributed by atoms with E-state index in [1.807, 2.05) is 6.07 Å². The van der Waals surface area contributed by atoms with Gasteiger partial charge in [0.1, 0.15) is 17.6 Å². The zero-order chi connectivity index (χ0) is 17.3. The summed E-state index contributed by atoms with van der Waals surface area (Å²) >= 11 is 0. The van der Waals surface area contributed by atoms with Gasteiger partial charge in [-0.25, -0.2) is 4.39 Å². The summed E-state index contributed by atoms with van der Waals surface area (Å²) in [5.41, 5.74) is 0.178. The molecule has 3 aromatic rings. The number of nitrogens with one attached hydrogen (secondary N) is 1. The van der Waals surface area contributed by atoms with Gasteiger partial charge in [0, 0.05) is 5.56 Å². The first-order chi connectivity index (χ1) is 11.4. The summed E-state index contributed by atoms with van der Waals surface area (Å²) in [6.45, 7) is 0. The molecule has 0 fully saturated rings. The molecule has 8 heteroatoms. The van der Waals surface area contributed by atoms with Gasteiger partial charge in [-0.3, -0.25) is 0 Å². The summed E-state index contributed by atoms with van der Waals surface area (Å²) in [5.74, 6) is -1.33. The first kappa shape index (κ1) is 15.7. The molecule has 0 radical (unpaired) electrons. The van der Waals surface area contributed by atoms with E-state index in [-0.39, 0.29) is 17.0 Å². The van der Waals surface area contributed by atoms with E-state index in [2.05, 4.69) is 15.4 Å². The maximum absolute atomic E-state index is 13.4. The van der Waals surface area contributed by atoms with Crippen molar-refractivity contribution < 1.29 is 17.6 Å². The van der Waals surface area contributed by atoms with E-state index in [1.165, 1.54) is 6.07 Å². The highest BCUT2D eigenvalue weighted by Crippen LogP contribution is 2.35. The van der Waals surface area contributed by atoms with E-state index in [9.17, 15) is 17.6 Å². The molecule has 1 aromatic heterocycles. The van der Waals surface area contributed by atoms with Gasteiger partial charge in [-0.05, 0) is 29.3 Å². The van der Waals surface area contributed by atoms with Crippen molar-refractivity contribution in [1.82, 2.24) is 15.4 Å². The summed E-state index contributed by atoms with van der Waals surface area (Å²) in [4.78, 5) is 0. The Hall–Kier alpha value is -3.21. The monoisotopic (exact) mass is 332 g/mol. The average molecular weight is 332 g/mol. The third-order valence-electron chi connectivity index (χ3n) is 3.39. The largest absolute Gasteiger partial charge is 0.419 e. The van der Waals surface area contributed by atoms with E-state index >= 15 is 0 Å². The van der Waals surface area contributed by atoms with Crippen LogP contribution in [0.5, 0.6) is 0 Å². The molecule has 120 valence electrons. The molecular weight excluding hydrogens is 324 g/mol. The second-order valence-electron chi connectivity index (χ2n) is 4.91. The molecular formula is C16H8F4N4. The highest BCUT2D eigenvalue weighted by atomic mass is 19.4. The predicted octanol–water partition coefficient (Wildman–Crippen LogP) is 4.17. The molecule has 1 N–H and O–H groups in total. The molecule has 0 atom stereocenters. The maximum Gasteiger partial charge on any atom is 0.419 e. The first-order valence-electron chi connectivity index (χ1n) is 6.68. The van der Waals surface area contributed by atoms with Crippen molar-refractivity contribution in [2.24, 2.45) is 0 Å². The molecule has 0 bridgehead atoms. The number of hydrogen-bond donors (Lipinski definition) is 1. The predicted molar refractivity (Wildman–Crippen MR) is 76.9 cm³/mol. The van der Waals surface area contributed by atoms with Crippen LogP contribution in [-0.2, 0) is 6.18 Å². The minimum Gasteiger partial charge on any atom is -0.206 e. The van der Waals surface area contributed by atoms with Crippen molar-refractivity contribution in [1.29, 1.82) is 5.26 Å². The first-order valence-corrected chi connectivity index (χ1v) is 6.68. The van der Waals surface area contributed by atoms with E-state index in [4.69, 9.17) is 5.26 Å². The summed E-state index contributed by atoms with van der Waals surface area (Å²) in [5, 5.41) is 18.8. The quantitative estimate of drug-likeness (QED) is 0.716. The van der Waals surface area contributed by atoms with Gasteiger partial charge < -0.3 is 0 Å². The van der Waals surface area contributed by atoms with Crippen molar-refractivity contribution in [2.75, 3.05) is 0 Å². The van der Waals surface area contributed by atoms with Crippen molar-refractivity contribution in [2.45, 2.75) is 6.18 Å². The second kappa shape index (κ2) is 5.77. The number of aromatic amines is 1. The number of rotatable bonds is 2. The lowest BCUT2D eigenvalue weighted by atomic mass is 9.99. The van der Waals surface area contributed by atoms with Crippen LogP contribution in [-0.4, -0.2) is 15.4 Å². The van der Waals surface area contributed by atoms with Crippen molar-refractivity contribution in [3.63, 3.8) is 0 Å². The summed E-state index contributed by atoms with van der Waals surface area (Å²) in [6, 6.07) is 11.1. The number of alkyl halides is 3. The lowest BCUT2D eigenvalue weighted by Gasteiger charge is -2.11. The van der Waals surface area contributed by atoms with Gasteiger partial charge in [-0.1, -0.05) is 24.3 Å². The van der Waals surface area contributed by atoms with Crippen molar-refractivity contribution in [3.8, 4) is 28.5 Å². The Balaban J connectivity index is 2.09. The molecule has 1 heterocycles. The fourth-order valence-corrected chi connectivity index (χ4v) is 2.28. The van der Waals surface area contributed by atoms with Gasteiger partial charge >= 0.3 is 6.18 Å². The summed E-state index contributed by atoms with van der Waals surface area (Å²) in [6.07, 6.45) is -4.78. The van der Waals surface area contributed by atoms with Crippen LogP contribution in [0, 0.1) is 17.1 Å². The number of benzene rings is 2. The fourth-order valence-electron chi connectivity index (χ4n) is 2.28. The number of aromatic nitrogens is 3. The SMILES string of the molecule is N#Cc1n[nH]nc1-c1cccc(-c2ccc(F)c(C(F)(F)F)c2)c1. The standard InChI is InChI=1S/C16H8F4N4/c17-13-5-4-10(7-12(13)16(18,19)20)9-2-1-3-11(6-9)15-14(8-21)22-24-23-15/h1-7H,(H,22,23,24). The molecule has 0 aliphatic carbocycles. The number of H-pyrrole nitrogens is 1. The lowest BCUT2D eigenvalue weighted by molar-refractivity contribution is -0.139. The third kappa shape index (κ3) is 2.84. The van der Waals surface area contributed by atoms with E-state index in [1.54, 1.807) is 24.3 Å². The van der Waals surface area contributed by atoms with Crippen LogP contribution in [0.15, 0.2) is 42.5 Å². The van der Waals surface area contributed by atoms with Crippen LogP contribution < -0.4 is 0 Å². The van der Waals surface area contributed by atoms with Crippen molar-refractivity contribution >= 4 is 0 Å². The van der Waals surface area contributed by atoms with Crippen molar-refractivity contribution in [3.05, 3.63) is 59.5 Å². The van der Waals surface area contributed by atoms with Crippen LogP contribution in [0.3, 0.4) is 0 Å². The van der Waals surface area contributed by atoms with Gasteiger partial charge in [0.05, 0.1) is 5.56 Å². The Kier molecular flexibility index (Phi) is 3.77. The van der Waals surface area contributed by atoms with E-state index in [0.29, 0.717) is 11.1 Å². The smallest absolute Gasteiger partial charge is 0.206 e. The lowest BCUT2D eigenvalue weighted by Crippen LogP contribution is -2.08. The maximum atomic E-state index is 13.4. The zero-order valence-electron chi connectivity index (χ0n) is 11.9. The molecule has 0 saturated heterocycles. The highest BCUT2D eigenvalue weighted by molar-refractivity contribution is 5.73. The molecule has 0 amide bonds. The molecule has 3 rings (SSSR count). The van der Waals surface area contributed by atoms with Crippen LogP contribution in [0.1, 0.15) is 11.3 Å². The van der Waals surface area contributed by atoms with Crippen LogP contribution >= 0.6 is 0 Å². The Labute approximate surface area is 133 Å². The summed E-state index contributed by atoms with van der Waals surface area (Å²) in [7, 11) is 0. The Bertz CT molecular complexity index is 938.